The van der Waals surface area contributed by atoms with Crippen molar-refractivity contribution in [3.8, 4) is 22.3 Å². The van der Waals surface area contributed by atoms with Crippen LogP contribution in [0.4, 0.5) is 21.0 Å². The van der Waals surface area contributed by atoms with Crippen LogP contribution >= 0.6 is 0 Å². The van der Waals surface area contributed by atoms with E-state index in [1.165, 1.54) is 47.6 Å². The number of anilines is 2. The predicted octanol–water partition coefficient (Wildman–Crippen LogP) is 8.30. The van der Waals surface area contributed by atoms with Gasteiger partial charge in [0.1, 0.15) is 24.2 Å². The van der Waals surface area contributed by atoms with Crippen molar-refractivity contribution in [3.05, 3.63) is 107 Å². The van der Waals surface area contributed by atoms with Crippen molar-refractivity contribution in [2.24, 2.45) is 22.7 Å². The molecule has 0 radical (unpaired) electrons. The molecule has 2 heterocycles. The van der Waals surface area contributed by atoms with Crippen LogP contribution in [0.2, 0.25) is 0 Å². The largest absolute Gasteiger partial charge is 0.453 e. The quantitative estimate of drug-likeness (QED) is 0.110. The van der Waals surface area contributed by atoms with E-state index >= 15 is 0 Å². The number of benzene rings is 4. The Morgan fingerprint density at radius 2 is 0.900 bits per heavy atom. The number of carbonyl (C=O) groups excluding carboxylic acids is 6. The molecule has 4 aromatic carbocycles. The van der Waals surface area contributed by atoms with Crippen molar-refractivity contribution in [3.63, 3.8) is 0 Å². The summed E-state index contributed by atoms with van der Waals surface area (Å²) in [6.07, 6.45) is 7.07. The molecule has 4 bridgehead atoms. The molecule has 368 valence electrons. The summed E-state index contributed by atoms with van der Waals surface area (Å²) in [4.78, 5) is 83.1. The van der Waals surface area contributed by atoms with Gasteiger partial charge < -0.3 is 40.5 Å². The van der Waals surface area contributed by atoms with Crippen LogP contribution in [0.5, 0.6) is 0 Å². The maximum Gasteiger partial charge on any atom is 0.407 e. The average molecular weight is 951 g/mol. The summed E-state index contributed by atoms with van der Waals surface area (Å²) in [6.45, 7) is 8.47. The Bertz CT molecular complexity index is 2490. The highest BCUT2D eigenvalue weighted by atomic mass is 16.5. The van der Waals surface area contributed by atoms with Gasteiger partial charge in [-0.2, -0.15) is 0 Å². The zero-order valence-electron chi connectivity index (χ0n) is 41.2. The second-order valence-electron chi connectivity index (χ2n) is 21.2. The summed E-state index contributed by atoms with van der Waals surface area (Å²) >= 11 is 0. The van der Waals surface area contributed by atoms with E-state index in [1.54, 1.807) is 9.80 Å². The molecule has 4 atom stereocenters. The number of nitrogens with zero attached hydrogens (tertiary/aromatic N) is 2. The first-order valence-electron chi connectivity index (χ1n) is 24.9. The molecule has 12 rings (SSSR count). The molecule has 6 amide bonds. The molecule has 4 aromatic rings. The van der Waals surface area contributed by atoms with Gasteiger partial charge in [-0.15, -0.1) is 0 Å². The van der Waals surface area contributed by atoms with E-state index in [0.717, 1.165) is 62.5 Å². The highest BCUT2D eigenvalue weighted by Crippen LogP contribution is 2.56. The van der Waals surface area contributed by atoms with Crippen molar-refractivity contribution in [2.75, 3.05) is 37.9 Å². The van der Waals surface area contributed by atoms with Gasteiger partial charge in [-0.05, 0) is 156 Å². The molecule has 14 nitrogen and oxygen atoms in total. The highest BCUT2D eigenvalue weighted by Gasteiger charge is 2.57. The molecule has 14 heteroatoms. The molecule has 2 aliphatic heterocycles. The molecule has 4 fully saturated rings. The predicted molar refractivity (Wildman–Crippen MR) is 268 cm³/mol. The number of hydrogen-bond donors (Lipinski definition) is 4. The minimum atomic E-state index is -0.799. The second-order valence-corrected chi connectivity index (χ2v) is 21.2. The molecule has 8 aliphatic rings. The fraction of sp³-hybridized carbons (Fsp3) is 0.464. The second kappa shape index (κ2) is 19.6. The first-order chi connectivity index (χ1) is 33.6. The molecule has 0 aromatic heterocycles. The molecule has 70 heavy (non-hydrogen) atoms. The summed E-state index contributed by atoms with van der Waals surface area (Å²) in [5.74, 6) is -1.36. The number of aryl methyl sites for hydroxylation is 4. The Balaban J connectivity index is 0.857. The molecular formula is C56H66N6O8. The molecule has 2 saturated heterocycles. The topological polar surface area (TPSA) is 175 Å². The molecular weight excluding hydrogens is 885 g/mol. The van der Waals surface area contributed by atoms with Gasteiger partial charge in [0.15, 0.2) is 0 Å². The minimum Gasteiger partial charge on any atom is -0.453 e. The number of nitrogens with one attached hydrogen (secondary N) is 4. The fourth-order valence-electron chi connectivity index (χ4n) is 10.9. The SMILES string of the molecule is COC(=O)N[C@H](C(=O)N1CC2(CC2)C[C@H]1C(=O)Nc1ccc(-c2cc3ccc2CCc2ccc(c(-c4ccc(NC(=O)[C@@H]5CC6(CC6)CN5C(=O)[C@@H](NC(=O)OC)C(C)C)cc4)c2)CC3)cc1)C(C)C. The maximum atomic E-state index is 13.9. The Hall–Kier alpha value is -6.70. The van der Waals surface area contributed by atoms with Gasteiger partial charge in [0.05, 0.1) is 14.2 Å². The molecule has 2 spiro atoms. The van der Waals surface area contributed by atoms with Crippen LogP contribution in [0, 0.1) is 22.7 Å². The van der Waals surface area contributed by atoms with Crippen LogP contribution in [0.25, 0.3) is 22.3 Å². The average Bonchev–Trinajstić information content (AvgIpc) is 4.22. The first kappa shape index (κ1) is 48.3. The number of rotatable bonds is 12. The zero-order chi connectivity index (χ0) is 49.5. The summed E-state index contributed by atoms with van der Waals surface area (Å²) in [6, 6.07) is 26.6. The van der Waals surface area contributed by atoms with Crippen molar-refractivity contribution < 1.29 is 38.2 Å². The van der Waals surface area contributed by atoms with Gasteiger partial charge in [-0.1, -0.05) is 88.4 Å². The minimum absolute atomic E-state index is 0.0395. The van der Waals surface area contributed by atoms with Gasteiger partial charge in [-0.25, -0.2) is 9.59 Å². The smallest absolute Gasteiger partial charge is 0.407 e. The lowest BCUT2D eigenvalue weighted by molar-refractivity contribution is -0.139. The third-order valence-corrected chi connectivity index (χ3v) is 15.5. The van der Waals surface area contributed by atoms with Crippen molar-refractivity contribution in [1.82, 2.24) is 20.4 Å². The fourth-order valence-corrected chi connectivity index (χ4v) is 10.9. The third kappa shape index (κ3) is 10.3. The lowest BCUT2D eigenvalue weighted by Gasteiger charge is -2.30. The number of ether oxygens (including phenoxy) is 2. The number of hydrogen-bond acceptors (Lipinski definition) is 8. The van der Waals surface area contributed by atoms with Gasteiger partial charge in [0.25, 0.3) is 0 Å². The van der Waals surface area contributed by atoms with Gasteiger partial charge >= 0.3 is 12.2 Å². The van der Waals surface area contributed by atoms with Gasteiger partial charge in [0, 0.05) is 24.5 Å². The van der Waals surface area contributed by atoms with Crippen LogP contribution in [0.3, 0.4) is 0 Å². The maximum absolute atomic E-state index is 13.9. The first-order valence-corrected chi connectivity index (χ1v) is 24.9. The highest BCUT2D eigenvalue weighted by molar-refractivity contribution is 6.00. The number of alkyl carbamates (subject to hydrolysis) is 2. The van der Waals surface area contributed by atoms with Crippen LogP contribution in [-0.4, -0.2) is 97.1 Å². The van der Waals surface area contributed by atoms with Crippen LogP contribution in [-0.2, 0) is 54.3 Å². The normalized spacial score (nSPS) is 20.1. The van der Waals surface area contributed by atoms with Crippen LogP contribution < -0.4 is 21.3 Å². The van der Waals surface area contributed by atoms with E-state index in [0.29, 0.717) is 37.3 Å². The van der Waals surface area contributed by atoms with Gasteiger partial charge in [0.2, 0.25) is 23.6 Å². The number of likely N-dealkylation sites (tertiary alicyclic amines) is 2. The number of carbonyl (C=O) groups is 6. The van der Waals surface area contributed by atoms with Crippen molar-refractivity contribution >= 4 is 47.2 Å². The third-order valence-electron chi connectivity index (χ3n) is 15.5. The van der Waals surface area contributed by atoms with Crippen LogP contribution in [0.1, 0.15) is 88.5 Å². The Kier molecular flexibility index (Phi) is 13.5. The Labute approximate surface area is 410 Å². The van der Waals surface area contributed by atoms with E-state index in [2.05, 4.69) is 81.9 Å². The lowest BCUT2D eigenvalue weighted by Crippen LogP contribution is -2.54. The van der Waals surface area contributed by atoms with E-state index in [9.17, 15) is 28.8 Å². The molecule has 0 unspecified atom stereocenters. The molecule has 2 saturated carbocycles. The van der Waals surface area contributed by atoms with Crippen molar-refractivity contribution in [2.45, 2.75) is 116 Å². The van der Waals surface area contributed by atoms with Gasteiger partial charge in [-0.3, -0.25) is 19.2 Å². The summed E-state index contributed by atoms with van der Waals surface area (Å²) in [5, 5.41) is 11.6. The summed E-state index contributed by atoms with van der Waals surface area (Å²) in [5.41, 5.74) is 10.6. The van der Waals surface area contributed by atoms with E-state index < -0.39 is 36.4 Å². The molecule has 4 N–H and O–H groups in total. The summed E-state index contributed by atoms with van der Waals surface area (Å²) < 4.78 is 9.58. The summed E-state index contributed by atoms with van der Waals surface area (Å²) in [7, 11) is 2.54. The zero-order valence-corrected chi connectivity index (χ0v) is 41.2. The standard InChI is InChI=1S/C56H66N6O8/c1-33(2)47(59-53(67)69-5)51(65)61-31-55(23-24-55)29-45(61)49(63)57-41-19-15-39(16-20-41)43-27-35-7-11-37(43)13-9-36-8-12-38(14-10-35)44(28-36)40-17-21-42(22-18-40)58-50(64)46-30-56(25-26-56)32-62(46)52(66)48(34(3)4)60-54(68)70-6/h7-8,11-12,15-22,27-28,33-34,45-48H,9-10,13-14,23-26,29-32H2,1-6H3,(H,57,63)(H,58,64)(H,59,67)(H,60,68)/t45-,46-,47-,48-/m0/s1. The Morgan fingerprint density at radius 1 is 0.529 bits per heavy atom. The van der Waals surface area contributed by atoms with Crippen LogP contribution in [0.15, 0.2) is 84.9 Å². The number of methoxy groups -OCH3 is 2. The lowest BCUT2D eigenvalue weighted by atomic mass is 9.87. The van der Waals surface area contributed by atoms with Crippen molar-refractivity contribution in [1.29, 1.82) is 0 Å². The van der Waals surface area contributed by atoms with E-state index in [4.69, 9.17) is 9.47 Å². The monoisotopic (exact) mass is 950 g/mol. The number of amides is 6. The van der Waals surface area contributed by atoms with E-state index in [-0.39, 0.29) is 46.3 Å². The van der Waals surface area contributed by atoms with E-state index in [1.807, 2.05) is 52.0 Å². The molecule has 6 aliphatic carbocycles. The Morgan fingerprint density at radius 3 is 1.23 bits per heavy atom.